The number of anilines is 1. The van der Waals surface area contributed by atoms with Crippen molar-refractivity contribution >= 4 is 38.1 Å². The minimum Gasteiger partial charge on any atom is -0.279 e. The summed E-state index contributed by atoms with van der Waals surface area (Å²) < 4.78 is 27.2. The SMILES string of the molecule is O=S(=O)(Nc1cccc2ccccc12)c1cnc(Cl)nc1. The summed E-state index contributed by atoms with van der Waals surface area (Å²) >= 11 is 5.56. The lowest BCUT2D eigenvalue weighted by molar-refractivity contribution is 0.600. The maximum Gasteiger partial charge on any atom is 0.264 e. The zero-order valence-corrected chi connectivity index (χ0v) is 12.3. The average molecular weight is 320 g/mol. The van der Waals surface area contributed by atoms with Crippen molar-refractivity contribution in [1.29, 1.82) is 0 Å². The fraction of sp³-hybridized carbons (Fsp3) is 0. The Bertz CT molecular complexity index is 890. The van der Waals surface area contributed by atoms with Crippen LogP contribution in [0.1, 0.15) is 0 Å². The van der Waals surface area contributed by atoms with Gasteiger partial charge in [-0.1, -0.05) is 36.4 Å². The van der Waals surface area contributed by atoms with Crippen molar-refractivity contribution in [2.24, 2.45) is 0 Å². The molecule has 0 fully saturated rings. The zero-order chi connectivity index (χ0) is 14.9. The highest BCUT2D eigenvalue weighted by molar-refractivity contribution is 7.92. The van der Waals surface area contributed by atoms with Crippen LogP contribution >= 0.6 is 11.6 Å². The van der Waals surface area contributed by atoms with Gasteiger partial charge in [-0.25, -0.2) is 18.4 Å². The Hall–Kier alpha value is -2.18. The first-order chi connectivity index (χ1) is 10.1. The molecule has 2 aromatic carbocycles. The smallest absolute Gasteiger partial charge is 0.264 e. The Morgan fingerprint density at radius 1 is 0.952 bits per heavy atom. The van der Waals surface area contributed by atoms with Crippen LogP contribution in [0.2, 0.25) is 5.28 Å². The summed E-state index contributed by atoms with van der Waals surface area (Å²) in [5.41, 5.74) is 0.503. The third kappa shape index (κ3) is 2.81. The molecule has 0 aliphatic carbocycles. The van der Waals surface area contributed by atoms with Gasteiger partial charge in [-0.3, -0.25) is 4.72 Å². The van der Waals surface area contributed by atoms with E-state index in [4.69, 9.17) is 11.6 Å². The van der Waals surface area contributed by atoms with Crippen LogP contribution < -0.4 is 4.72 Å². The summed E-state index contributed by atoms with van der Waals surface area (Å²) in [6.45, 7) is 0. The first-order valence-corrected chi connectivity index (χ1v) is 7.90. The van der Waals surface area contributed by atoms with Gasteiger partial charge in [-0.05, 0) is 23.1 Å². The standard InChI is InChI=1S/C14H10ClN3O2S/c15-14-16-8-11(9-17-14)21(19,20)18-13-7-3-5-10-4-1-2-6-12(10)13/h1-9,18H. The predicted octanol–water partition coefficient (Wildman–Crippen LogP) is 3.08. The lowest BCUT2D eigenvalue weighted by atomic mass is 10.1. The molecular formula is C14H10ClN3O2S. The van der Waals surface area contributed by atoms with Crippen LogP contribution in [0.5, 0.6) is 0 Å². The van der Waals surface area contributed by atoms with E-state index in [0.717, 1.165) is 10.8 Å². The third-order valence-electron chi connectivity index (χ3n) is 2.94. The van der Waals surface area contributed by atoms with Gasteiger partial charge in [0, 0.05) is 5.39 Å². The molecule has 0 atom stereocenters. The number of nitrogens with zero attached hydrogens (tertiary/aromatic N) is 2. The third-order valence-corrected chi connectivity index (χ3v) is 4.46. The van der Waals surface area contributed by atoms with Crippen molar-refractivity contribution in [3.63, 3.8) is 0 Å². The highest BCUT2D eigenvalue weighted by atomic mass is 35.5. The lowest BCUT2D eigenvalue weighted by Crippen LogP contribution is -2.13. The maximum absolute atomic E-state index is 12.3. The Balaban J connectivity index is 2.03. The van der Waals surface area contributed by atoms with E-state index in [2.05, 4.69) is 14.7 Å². The molecule has 0 unspecified atom stereocenters. The van der Waals surface area contributed by atoms with Crippen LogP contribution in [0.4, 0.5) is 5.69 Å². The minimum absolute atomic E-state index is 0.000823. The number of hydrogen-bond donors (Lipinski definition) is 1. The normalized spacial score (nSPS) is 11.5. The van der Waals surface area contributed by atoms with Crippen LogP contribution in [0.3, 0.4) is 0 Å². The molecule has 0 spiro atoms. The molecule has 1 N–H and O–H groups in total. The van der Waals surface area contributed by atoms with Crippen molar-refractivity contribution in [3.05, 3.63) is 60.1 Å². The predicted molar refractivity (Wildman–Crippen MR) is 81.8 cm³/mol. The Morgan fingerprint density at radius 3 is 2.38 bits per heavy atom. The van der Waals surface area contributed by atoms with Crippen LogP contribution in [0, 0.1) is 0 Å². The number of rotatable bonds is 3. The molecule has 0 saturated heterocycles. The van der Waals surface area contributed by atoms with Gasteiger partial charge in [0.15, 0.2) is 0 Å². The quantitative estimate of drug-likeness (QED) is 0.753. The summed E-state index contributed by atoms with van der Waals surface area (Å²) in [5.74, 6) is 0. The van der Waals surface area contributed by atoms with Crippen LogP contribution in [0.25, 0.3) is 10.8 Å². The molecule has 0 saturated carbocycles. The molecule has 1 heterocycles. The van der Waals surface area contributed by atoms with Gasteiger partial charge in [0.25, 0.3) is 10.0 Å². The van der Waals surface area contributed by atoms with Crippen molar-refractivity contribution in [2.75, 3.05) is 4.72 Å². The number of halogens is 1. The summed E-state index contributed by atoms with van der Waals surface area (Å²) in [5, 5.41) is 1.77. The Morgan fingerprint density at radius 2 is 1.62 bits per heavy atom. The molecule has 21 heavy (non-hydrogen) atoms. The number of sulfonamides is 1. The Labute approximate surface area is 126 Å². The topological polar surface area (TPSA) is 72.0 Å². The first-order valence-electron chi connectivity index (χ1n) is 6.04. The van der Waals surface area contributed by atoms with Gasteiger partial charge in [-0.15, -0.1) is 0 Å². The van der Waals surface area contributed by atoms with E-state index in [-0.39, 0.29) is 10.2 Å². The molecule has 0 aliphatic heterocycles. The molecule has 0 bridgehead atoms. The second-order valence-corrected chi connectivity index (χ2v) is 6.34. The molecular weight excluding hydrogens is 310 g/mol. The number of nitrogens with one attached hydrogen (secondary N) is 1. The lowest BCUT2D eigenvalue weighted by Gasteiger charge is -2.10. The highest BCUT2D eigenvalue weighted by Gasteiger charge is 2.16. The summed E-state index contributed by atoms with van der Waals surface area (Å²) in [4.78, 5) is 7.33. The summed E-state index contributed by atoms with van der Waals surface area (Å²) in [6.07, 6.45) is 2.34. The minimum atomic E-state index is -3.76. The number of hydrogen-bond acceptors (Lipinski definition) is 4. The number of aromatic nitrogens is 2. The number of fused-ring (bicyclic) bond motifs is 1. The van der Waals surface area contributed by atoms with Gasteiger partial charge in [0.1, 0.15) is 4.90 Å². The van der Waals surface area contributed by atoms with E-state index < -0.39 is 10.0 Å². The molecule has 3 rings (SSSR count). The second-order valence-electron chi connectivity index (χ2n) is 4.32. The maximum atomic E-state index is 12.3. The summed E-state index contributed by atoms with van der Waals surface area (Å²) in [6, 6.07) is 12.9. The first kappa shape index (κ1) is 13.8. The van der Waals surface area contributed by atoms with Crippen molar-refractivity contribution < 1.29 is 8.42 Å². The van der Waals surface area contributed by atoms with E-state index in [1.807, 2.05) is 30.3 Å². The van der Waals surface area contributed by atoms with Gasteiger partial charge in [0.05, 0.1) is 18.1 Å². The Kier molecular flexibility index (Phi) is 3.48. The van der Waals surface area contributed by atoms with E-state index >= 15 is 0 Å². The average Bonchev–Trinajstić information content (AvgIpc) is 2.48. The molecule has 5 nitrogen and oxygen atoms in total. The van der Waals surface area contributed by atoms with E-state index in [0.29, 0.717) is 5.69 Å². The molecule has 0 amide bonds. The van der Waals surface area contributed by atoms with Crippen molar-refractivity contribution in [2.45, 2.75) is 4.90 Å². The molecule has 106 valence electrons. The second kappa shape index (κ2) is 5.31. The molecule has 3 aromatic rings. The van der Waals surface area contributed by atoms with Gasteiger partial charge in [0.2, 0.25) is 5.28 Å². The molecule has 1 aromatic heterocycles. The molecule has 0 radical (unpaired) electrons. The fourth-order valence-corrected chi connectivity index (χ4v) is 3.02. The molecule has 0 aliphatic rings. The summed E-state index contributed by atoms with van der Waals surface area (Å²) in [7, 11) is -3.76. The van der Waals surface area contributed by atoms with Crippen LogP contribution in [0.15, 0.2) is 59.8 Å². The van der Waals surface area contributed by atoms with E-state index in [9.17, 15) is 8.42 Å². The number of benzene rings is 2. The van der Waals surface area contributed by atoms with Crippen molar-refractivity contribution in [1.82, 2.24) is 9.97 Å². The van der Waals surface area contributed by atoms with E-state index in [1.54, 1.807) is 12.1 Å². The van der Waals surface area contributed by atoms with Gasteiger partial charge in [-0.2, -0.15) is 0 Å². The van der Waals surface area contributed by atoms with E-state index in [1.165, 1.54) is 12.4 Å². The zero-order valence-electron chi connectivity index (χ0n) is 10.7. The van der Waals surface area contributed by atoms with Crippen LogP contribution in [-0.4, -0.2) is 18.4 Å². The van der Waals surface area contributed by atoms with Crippen LogP contribution in [-0.2, 0) is 10.0 Å². The monoisotopic (exact) mass is 319 g/mol. The largest absolute Gasteiger partial charge is 0.279 e. The molecule has 7 heteroatoms. The van der Waals surface area contributed by atoms with Crippen molar-refractivity contribution in [3.8, 4) is 0 Å². The fourth-order valence-electron chi connectivity index (χ4n) is 1.96. The highest BCUT2D eigenvalue weighted by Crippen LogP contribution is 2.25. The van der Waals surface area contributed by atoms with Gasteiger partial charge >= 0.3 is 0 Å². The van der Waals surface area contributed by atoms with Gasteiger partial charge < -0.3 is 0 Å².